The van der Waals surface area contributed by atoms with Gasteiger partial charge in [-0.1, -0.05) is 38.8 Å². The average Bonchev–Trinajstić information content (AvgIpc) is 2.68. The Bertz CT molecular complexity index is 734. The molecule has 1 aliphatic rings. The van der Waals surface area contributed by atoms with Crippen molar-refractivity contribution in [1.29, 1.82) is 5.26 Å². The number of amides is 1. The van der Waals surface area contributed by atoms with E-state index in [4.69, 9.17) is 9.47 Å². The molecule has 27 heavy (non-hydrogen) atoms. The first-order chi connectivity index (χ1) is 12.9. The van der Waals surface area contributed by atoms with E-state index in [1.54, 1.807) is 31.4 Å². The van der Waals surface area contributed by atoms with Gasteiger partial charge in [0.1, 0.15) is 17.4 Å². The number of methoxy groups -OCH3 is 1. The summed E-state index contributed by atoms with van der Waals surface area (Å²) in [5.41, 5.74) is 0.506. The quantitative estimate of drug-likeness (QED) is 0.472. The van der Waals surface area contributed by atoms with E-state index in [2.05, 4.69) is 19.2 Å². The molecule has 144 valence electrons. The highest BCUT2D eigenvalue weighted by Gasteiger charge is 2.28. The zero-order chi connectivity index (χ0) is 19.8. The van der Waals surface area contributed by atoms with Crippen LogP contribution in [0.15, 0.2) is 29.8 Å². The largest absolute Gasteiger partial charge is 0.497 e. The maximum absolute atomic E-state index is 12.1. The summed E-state index contributed by atoms with van der Waals surface area (Å²) >= 11 is 0. The number of hydrogen-bond acceptors (Lipinski definition) is 5. The monoisotopic (exact) mass is 370 g/mol. The maximum Gasteiger partial charge on any atom is 0.349 e. The fraction of sp³-hybridized carbons (Fsp3) is 0.476. The molecule has 1 saturated carbocycles. The Morgan fingerprint density at radius 3 is 2.59 bits per heavy atom. The smallest absolute Gasteiger partial charge is 0.349 e. The van der Waals surface area contributed by atoms with E-state index >= 15 is 0 Å². The van der Waals surface area contributed by atoms with Crippen LogP contribution in [0.2, 0.25) is 0 Å². The van der Waals surface area contributed by atoms with Crippen LogP contribution in [0.25, 0.3) is 6.08 Å². The summed E-state index contributed by atoms with van der Waals surface area (Å²) in [6.45, 7) is 3.93. The average molecular weight is 370 g/mol. The molecule has 3 atom stereocenters. The van der Waals surface area contributed by atoms with Gasteiger partial charge in [-0.05, 0) is 42.0 Å². The zero-order valence-corrected chi connectivity index (χ0v) is 16.0. The molecular formula is C21H26N2O4. The summed E-state index contributed by atoms with van der Waals surface area (Å²) in [4.78, 5) is 24.2. The lowest BCUT2D eigenvalue weighted by atomic mass is 9.78. The molecule has 6 nitrogen and oxygen atoms in total. The van der Waals surface area contributed by atoms with Crippen molar-refractivity contribution < 1.29 is 19.1 Å². The van der Waals surface area contributed by atoms with Gasteiger partial charge in [0, 0.05) is 6.04 Å². The number of hydrogen-bond donors (Lipinski definition) is 1. The lowest BCUT2D eigenvalue weighted by Crippen LogP contribution is -2.45. The number of ether oxygens (including phenoxy) is 2. The van der Waals surface area contributed by atoms with Gasteiger partial charge in [-0.3, -0.25) is 4.79 Å². The zero-order valence-electron chi connectivity index (χ0n) is 16.0. The van der Waals surface area contributed by atoms with Crippen molar-refractivity contribution >= 4 is 18.0 Å². The summed E-state index contributed by atoms with van der Waals surface area (Å²) in [5, 5.41) is 12.1. The molecule has 0 aromatic heterocycles. The summed E-state index contributed by atoms with van der Waals surface area (Å²) < 4.78 is 10.1. The number of rotatable bonds is 6. The van der Waals surface area contributed by atoms with Gasteiger partial charge in [0.2, 0.25) is 0 Å². The minimum Gasteiger partial charge on any atom is -0.497 e. The maximum atomic E-state index is 12.1. The molecule has 0 bridgehead atoms. The molecule has 1 amide bonds. The Balaban J connectivity index is 1.89. The van der Waals surface area contributed by atoms with Crippen molar-refractivity contribution in [2.45, 2.75) is 39.2 Å². The van der Waals surface area contributed by atoms with Gasteiger partial charge in [0.05, 0.1) is 7.11 Å². The van der Waals surface area contributed by atoms with Crippen molar-refractivity contribution in [3.63, 3.8) is 0 Å². The van der Waals surface area contributed by atoms with Gasteiger partial charge in [0.25, 0.3) is 5.91 Å². The number of nitrogens with zero attached hydrogens (tertiary/aromatic N) is 1. The summed E-state index contributed by atoms with van der Waals surface area (Å²) in [7, 11) is 1.56. The van der Waals surface area contributed by atoms with Crippen LogP contribution in [-0.2, 0) is 14.3 Å². The number of esters is 1. The fourth-order valence-electron chi connectivity index (χ4n) is 3.25. The highest BCUT2D eigenvalue weighted by Crippen LogP contribution is 2.29. The molecule has 0 unspecified atom stereocenters. The van der Waals surface area contributed by atoms with Crippen LogP contribution in [0.3, 0.4) is 0 Å². The third kappa shape index (κ3) is 5.85. The highest BCUT2D eigenvalue weighted by molar-refractivity contribution is 5.98. The van der Waals surface area contributed by atoms with Gasteiger partial charge in [-0.25, -0.2) is 4.79 Å². The first-order valence-corrected chi connectivity index (χ1v) is 9.17. The molecular weight excluding hydrogens is 344 g/mol. The molecule has 6 heteroatoms. The standard InChI is InChI=1S/C21H26N2O4/c1-14-5-4-6-19(15(14)2)23-20(24)13-27-21(25)17(12-22)11-16-7-9-18(26-3)10-8-16/h7-11,14-15,19H,4-6,13H2,1-3H3,(H,23,24)/b17-11+/t14-,15+,19+/m1/s1. The second kappa shape index (κ2) is 9.77. The molecule has 0 spiro atoms. The molecule has 1 fully saturated rings. The van der Waals surface area contributed by atoms with Crippen molar-refractivity contribution in [1.82, 2.24) is 5.32 Å². The molecule has 1 aromatic carbocycles. The van der Waals surface area contributed by atoms with E-state index in [1.165, 1.54) is 12.5 Å². The van der Waals surface area contributed by atoms with Crippen molar-refractivity contribution in [2.24, 2.45) is 11.8 Å². The lowest BCUT2D eigenvalue weighted by Gasteiger charge is -2.34. The van der Waals surface area contributed by atoms with E-state index in [-0.39, 0.29) is 17.5 Å². The Kier molecular flexibility index (Phi) is 7.42. The van der Waals surface area contributed by atoms with Crippen LogP contribution in [0.5, 0.6) is 5.75 Å². The van der Waals surface area contributed by atoms with Gasteiger partial charge in [0.15, 0.2) is 6.61 Å². The third-order valence-electron chi connectivity index (χ3n) is 5.15. The van der Waals surface area contributed by atoms with Crippen LogP contribution in [0.1, 0.15) is 38.7 Å². The number of benzene rings is 1. The summed E-state index contributed by atoms with van der Waals surface area (Å²) in [6.07, 6.45) is 4.61. The summed E-state index contributed by atoms with van der Waals surface area (Å²) in [6, 6.07) is 8.83. The van der Waals surface area contributed by atoms with Crippen molar-refractivity contribution in [3.8, 4) is 11.8 Å². The third-order valence-corrected chi connectivity index (χ3v) is 5.15. The highest BCUT2D eigenvalue weighted by atomic mass is 16.5. The SMILES string of the molecule is COc1ccc(/C=C(\C#N)C(=O)OCC(=O)N[C@H]2CCC[C@@H](C)[C@@H]2C)cc1. The second-order valence-electron chi connectivity index (χ2n) is 6.96. The normalized spacial score (nSPS) is 22.4. The Morgan fingerprint density at radius 2 is 1.96 bits per heavy atom. The first-order valence-electron chi connectivity index (χ1n) is 9.17. The van der Waals surface area contributed by atoms with E-state index in [1.807, 2.05) is 6.07 Å². The predicted molar refractivity (Wildman–Crippen MR) is 102 cm³/mol. The molecule has 0 radical (unpaired) electrons. The van der Waals surface area contributed by atoms with Crippen LogP contribution >= 0.6 is 0 Å². The van der Waals surface area contributed by atoms with E-state index in [0.717, 1.165) is 12.8 Å². The van der Waals surface area contributed by atoms with Crippen molar-refractivity contribution in [2.75, 3.05) is 13.7 Å². The Labute approximate surface area is 160 Å². The minimum absolute atomic E-state index is 0.102. The van der Waals surface area contributed by atoms with E-state index < -0.39 is 12.6 Å². The molecule has 0 aliphatic heterocycles. The number of nitriles is 1. The summed E-state index contributed by atoms with van der Waals surface area (Å²) in [5.74, 6) is 0.480. The molecule has 0 heterocycles. The van der Waals surface area contributed by atoms with Gasteiger partial charge >= 0.3 is 5.97 Å². The van der Waals surface area contributed by atoms with Gasteiger partial charge < -0.3 is 14.8 Å². The molecule has 2 rings (SSSR count). The minimum atomic E-state index is -0.812. The van der Waals surface area contributed by atoms with Crippen LogP contribution in [0.4, 0.5) is 0 Å². The first kappa shape index (κ1) is 20.5. The Morgan fingerprint density at radius 1 is 1.26 bits per heavy atom. The van der Waals surface area contributed by atoms with E-state index in [9.17, 15) is 14.9 Å². The molecule has 1 aromatic rings. The molecule has 0 saturated heterocycles. The lowest BCUT2D eigenvalue weighted by molar-refractivity contribution is -0.144. The second-order valence-corrected chi connectivity index (χ2v) is 6.96. The molecule has 1 aliphatic carbocycles. The number of nitrogens with one attached hydrogen (secondary N) is 1. The van der Waals surface area contributed by atoms with Gasteiger partial charge in [-0.15, -0.1) is 0 Å². The van der Waals surface area contributed by atoms with Crippen molar-refractivity contribution in [3.05, 3.63) is 35.4 Å². The van der Waals surface area contributed by atoms with Crippen LogP contribution in [-0.4, -0.2) is 31.6 Å². The Hall–Kier alpha value is -2.81. The fourth-order valence-corrected chi connectivity index (χ4v) is 3.25. The molecule has 1 N–H and O–H groups in total. The topological polar surface area (TPSA) is 88.4 Å². The van der Waals surface area contributed by atoms with Crippen LogP contribution < -0.4 is 10.1 Å². The predicted octanol–water partition coefficient (Wildman–Crippen LogP) is 3.09. The number of carbonyl (C=O) groups is 2. The van der Waals surface area contributed by atoms with E-state index in [0.29, 0.717) is 23.1 Å². The van der Waals surface area contributed by atoms with Crippen LogP contribution in [0, 0.1) is 23.2 Å². The number of carbonyl (C=O) groups excluding carboxylic acids is 2. The van der Waals surface area contributed by atoms with Gasteiger partial charge in [-0.2, -0.15) is 5.26 Å².